The summed E-state index contributed by atoms with van der Waals surface area (Å²) in [6, 6.07) is 0. The van der Waals surface area contributed by atoms with Gasteiger partial charge in [-0.25, -0.2) is 5.43 Å². The molecule has 0 aromatic rings. The molecule has 0 radical (unpaired) electrons. The Hall–Kier alpha value is -0.420. The van der Waals surface area contributed by atoms with Gasteiger partial charge in [-0.15, -0.1) is 0 Å². The Morgan fingerprint density at radius 1 is 1.75 bits per heavy atom. The third-order valence-corrected chi connectivity index (χ3v) is 1.02. The van der Waals surface area contributed by atoms with Crippen molar-refractivity contribution < 1.29 is 0 Å². The second kappa shape index (κ2) is 2.78. The Balaban J connectivity index is 2.16. The van der Waals surface area contributed by atoms with E-state index in [1.54, 1.807) is 0 Å². The fourth-order valence-electron chi connectivity index (χ4n) is 0.656. The summed E-state index contributed by atoms with van der Waals surface area (Å²) in [6.07, 6.45) is 4.23. The van der Waals surface area contributed by atoms with E-state index in [2.05, 4.69) is 16.3 Å². The van der Waals surface area contributed by atoms with Crippen molar-refractivity contribution in [2.24, 2.45) is 5.84 Å². The van der Waals surface area contributed by atoms with Crippen LogP contribution in [-0.4, -0.2) is 12.7 Å². The average molecular weight is 114 g/mol. The van der Waals surface area contributed by atoms with Gasteiger partial charge in [0.1, 0.15) is 0 Å². The summed E-state index contributed by atoms with van der Waals surface area (Å²) >= 11 is 0. The van der Waals surface area contributed by atoms with Crippen molar-refractivity contribution in [3.05, 3.63) is 12.2 Å². The SMILES string of the molecule is NNNC1C=CCN1. The van der Waals surface area contributed by atoms with Gasteiger partial charge in [0, 0.05) is 6.54 Å². The maximum atomic E-state index is 4.97. The average Bonchev–Trinajstić information content (AvgIpc) is 2.19. The maximum absolute atomic E-state index is 4.97. The number of hydrazine groups is 2. The second-order valence-corrected chi connectivity index (χ2v) is 1.60. The molecule has 0 aromatic carbocycles. The predicted molar refractivity (Wildman–Crippen MR) is 31.4 cm³/mol. The van der Waals surface area contributed by atoms with Gasteiger partial charge >= 0.3 is 0 Å². The molecule has 1 heterocycles. The second-order valence-electron chi connectivity index (χ2n) is 1.60. The molecule has 0 aliphatic carbocycles. The molecule has 4 nitrogen and oxygen atoms in total. The highest BCUT2D eigenvalue weighted by Gasteiger charge is 2.03. The number of nitrogens with two attached hydrogens (primary N) is 1. The van der Waals surface area contributed by atoms with Crippen molar-refractivity contribution >= 4 is 0 Å². The molecule has 1 aliphatic heterocycles. The van der Waals surface area contributed by atoms with E-state index in [0.29, 0.717) is 0 Å². The molecule has 4 heteroatoms. The van der Waals surface area contributed by atoms with Gasteiger partial charge in [0.05, 0.1) is 6.17 Å². The lowest BCUT2D eigenvalue weighted by molar-refractivity contribution is 0.456. The van der Waals surface area contributed by atoms with E-state index < -0.39 is 0 Å². The summed E-state index contributed by atoms with van der Waals surface area (Å²) in [7, 11) is 0. The van der Waals surface area contributed by atoms with E-state index in [0.717, 1.165) is 6.54 Å². The lowest BCUT2D eigenvalue weighted by Crippen LogP contribution is -2.49. The molecule has 1 atom stereocenters. The summed E-state index contributed by atoms with van der Waals surface area (Å²) in [5, 5.41) is 3.09. The Morgan fingerprint density at radius 2 is 2.62 bits per heavy atom. The van der Waals surface area contributed by atoms with Gasteiger partial charge in [-0.1, -0.05) is 12.2 Å². The number of rotatable bonds is 2. The van der Waals surface area contributed by atoms with Crippen LogP contribution in [0.4, 0.5) is 0 Å². The first kappa shape index (κ1) is 5.71. The Bertz CT molecular complexity index is 90.0. The highest BCUT2D eigenvalue weighted by Crippen LogP contribution is 1.86. The van der Waals surface area contributed by atoms with E-state index in [4.69, 9.17) is 5.84 Å². The van der Waals surface area contributed by atoms with E-state index in [-0.39, 0.29) is 6.17 Å². The van der Waals surface area contributed by atoms with Gasteiger partial charge in [0.15, 0.2) is 0 Å². The first-order valence-electron chi connectivity index (χ1n) is 2.54. The minimum atomic E-state index is 0.194. The van der Waals surface area contributed by atoms with E-state index in [9.17, 15) is 0 Å². The smallest absolute Gasteiger partial charge is 0.0909 e. The van der Waals surface area contributed by atoms with Crippen LogP contribution in [0.1, 0.15) is 0 Å². The lowest BCUT2D eigenvalue weighted by atomic mass is 10.5. The molecule has 1 rings (SSSR count). The molecule has 46 valence electrons. The first-order chi connectivity index (χ1) is 3.93. The third kappa shape index (κ3) is 1.28. The van der Waals surface area contributed by atoms with E-state index in [1.165, 1.54) is 0 Å². The number of nitrogens with one attached hydrogen (secondary N) is 3. The monoisotopic (exact) mass is 114 g/mol. The number of hydrogen-bond donors (Lipinski definition) is 4. The van der Waals surface area contributed by atoms with Gasteiger partial charge in [0.25, 0.3) is 0 Å². The van der Waals surface area contributed by atoms with Crippen LogP contribution >= 0.6 is 0 Å². The normalized spacial score (nSPS) is 26.9. The molecule has 0 bridgehead atoms. The highest BCUT2D eigenvalue weighted by atomic mass is 15.5. The van der Waals surface area contributed by atoms with Crippen molar-refractivity contribution in [1.29, 1.82) is 0 Å². The molecule has 5 N–H and O–H groups in total. The van der Waals surface area contributed by atoms with E-state index in [1.807, 2.05) is 12.2 Å². The van der Waals surface area contributed by atoms with Crippen LogP contribution in [0.3, 0.4) is 0 Å². The van der Waals surface area contributed by atoms with Crippen molar-refractivity contribution in [3.63, 3.8) is 0 Å². The van der Waals surface area contributed by atoms with Crippen LogP contribution in [0.2, 0.25) is 0 Å². The molecule has 0 spiro atoms. The van der Waals surface area contributed by atoms with Gasteiger partial charge < -0.3 is 0 Å². The number of hydrogen-bond acceptors (Lipinski definition) is 4. The van der Waals surface area contributed by atoms with Crippen LogP contribution in [0.5, 0.6) is 0 Å². The largest absolute Gasteiger partial charge is 0.294 e. The zero-order chi connectivity index (χ0) is 5.82. The summed E-state index contributed by atoms with van der Waals surface area (Å²) in [4.78, 5) is 0. The fraction of sp³-hybridized carbons (Fsp3) is 0.500. The third-order valence-electron chi connectivity index (χ3n) is 1.02. The quantitative estimate of drug-likeness (QED) is 0.199. The Morgan fingerprint density at radius 3 is 3.12 bits per heavy atom. The van der Waals surface area contributed by atoms with Crippen LogP contribution in [0.15, 0.2) is 12.2 Å². The fourth-order valence-corrected chi connectivity index (χ4v) is 0.656. The molecular formula is C4H10N4. The molecule has 1 unspecified atom stereocenters. The zero-order valence-corrected chi connectivity index (χ0v) is 4.52. The highest BCUT2D eigenvalue weighted by molar-refractivity contribution is 4.99. The van der Waals surface area contributed by atoms with Crippen LogP contribution < -0.4 is 22.1 Å². The van der Waals surface area contributed by atoms with Gasteiger partial charge in [-0.3, -0.25) is 11.2 Å². The van der Waals surface area contributed by atoms with Crippen molar-refractivity contribution in [2.45, 2.75) is 6.17 Å². The predicted octanol–water partition coefficient (Wildman–Crippen LogP) is -1.56. The minimum absolute atomic E-state index is 0.194. The maximum Gasteiger partial charge on any atom is 0.0909 e. The molecule has 0 saturated heterocycles. The van der Waals surface area contributed by atoms with Gasteiger partial charge in [-0.2, -0.15) is 5.53 Å². The van der Waals surface area contributed by atoms with Crippen LogP contribution in [-0.2, 0) is 0 Å². The minimum Gasteiger partial charge on any atom is -0.294 e. The summed E-state index contributed by atoms with van der Waals surface area (Å²) in [5.41, 5.74) is 5.12. The van der Waals surface area contributed by atoms with Crippen molar-refractivity contribution in [2.75, 3.05) is 6.54 Å². The van der Waals surface area contributed by atoms with Gasteiger partial charge in [-0.05, 0) is 0 Å². The molecule has 0 saturated carbocycles. The molecule has 0 aromatic heterocycles. The zero-order valence-electron chi connectivity index (χ0n) is 4.52. The van der Waals surface area contributed by atoms with E-state index >= 15 is 0 Å². The summed E-state index contributed by atoms with van der Waals surface area (Å²) in [5.74, 6) is 4.97. The van der Waals surface area contributed by atoms with Crippen LogP contribution in [0, 0.1) is 0 Å². The van der Waals surface area contributed by atoms with Crippen molar-refractivity contribution in [1.82, 2.24) is 16.3 Å². The summed E-state index contributed by atoms with van der Waals surface area (Å²) < 4.78 is 0. The molecular weight excluding hydrogens is 104 g/mol. The standard InChI is InChI=1S/C4H10N4/c5-8-7-4-2-1-3-6-4/h1-2,4,6-8H,3,5H2. The van der Waals surface area contributed by atoms with Gasteiger partial charge in [0.2, 0.25) is 0 Å². The molecule has 0 amide bonds. The molecule has 0 fully saturated rings. The Kier molecular flexibility index (Phi) is 1.99. The Labute approximate surface area is 48.1 Å². The molecule has 1 aliphatic rings. The van der Waals surface area contributed by atoms with Crippen LogP contribution in [0.25, 0.3) is 0 Å². The van der Waals surface area contributed by atoms with Crippen molar-refractivity contribution in [3.8, 4) is 0 Å². The summed E-state index contributed by atoms with van der Waals surface area (Å²) in [6.45, 7) is 0.916. The topological polar surface area (TPSA) is 62.1 Å². The first-order valence-corrected chi connectivity index (χ1v) is 2.54. The molecule has 8 heavy (non-hydrogen) atoms. The lowest BCUT2D eigenvalue weighted by Gasteiger charge is -2.08.